The van der Waals surface area contributed by atoms with Crippen molar-refractivity contribution in [2.45, 2.75) is 18.9 Å². The van der Waals surface area contributed by atoms with Crippen molar-refractivity contribution in [1.29, 1.82) is 0 Å². The van der Waals surface area contributed by atoms with Crippen LogP contribution in [0.4, 0.5) is 5.69 Å². The summed E-state index contributed by atoms with van der Waals surface area (Å²) in [4.78, 5) is 2.40. The molecule has 0 fully saturated rings. The molecule has 4 heteroatoms. The number of nitrogens with two attached hydrogens (primary N) is 1. The fourth-order valence-corrected chi connectivity index (χ4v) is 3.41. The van der Waals surface area contributed by atoms with Gasteiger partial charge in [-0.15, -0.1) is 0 Å². The van der Waals surface area contributed by atoms with E-state index in [0.29, 0.717) is 6.54 Å². The van der Waals surface area contributed by atoms with Crippen molar-refractivity contribution in [2.24, 2.45) is 5.73 Å². The van der Waals surface area contributed by atoms with Crippen LogP contribution < -0.4 is 20.1 Å². The van der Waals surface area contributed by atoms with Crippen molar-refractivity contribution >= 4 is 5.69 Å². The molecule has 2 aromatic carbocycles. The summed E-state index contributed by atoms with van der Waals surface area (Å²) in [5.74, 6) is 1.67. The molecule has 2 aromatic rings. The molecule has 4 nitrogen and oxygen atoms in total. The maximum atomic E-state index is 6.17. The van der Waals surface area contributed by atoms with Crippen LogP contribution in [0, 0.1) is 0 Å². The Morgan fingerprint density at radius 3 is 2.70 bits per heavy atom. The molecule has 3 rings (SSSR count). The first-order valence-electron chi connectivity index (χ1n) is 8.05. The largest absolute Gasteiger partial charge is 0.497 e. The first-order chi connectivity index (χ1) is 11.3. The van der Waals surface area contributed by atoms with Crippen LogP contribution in [0.15, 0.2) is 42.5 Å². The van der Waals surface area contributed by atoms with E-state index < -0.39 is 0 Å². The van der Waals surface area contributed by atoms with Crippen LogP contribution in [0.1, 0.15) is 23.6 Å². The molecule has 0 spiro atoms. The first-order valence-corrected chi connectivity index (χ1v) is 8.05. The molecule has 0 aliphatic carbocycles. The number of ether oxygens (including phenoxy) is 2. The van der Waals surface area contributed by atoms with Gasteiger partial charge >= 0.3 is 0 Å². The zero-order valence-electron chi connectivity index (χ0n) is 13.8. The number of hydrogen-bond donors (Lipinski definition) is 1. The lowest BCUT2D eigenvalue weighted by molar-refractivity contribution is 0.393. The molecule has 1 heterocycles. The number of anilines is 1. The van der Waals surface area contributed by atoms with E-state index in [2.05, 4.69) is 29.2 Å². The third-order valence-electron chi connectivity index (χ3n) is 4.54. The third-order valence-corrected chi connectivity index (χ3v) is 4.54. The predicted octanol–water partition coefficient (Wildman–Crippen LogP) is 3.16. The van der Waals surface area contributed by atoms with Gasteiger partial charge in [-0.3, -0.25) is 0 Å². The number of para-hydroxylation sites is 1. The highest BCUT2D eigenvalue weighted by atomic mass is 16.5. The van der Waals surface area contributed by atoms with Gasteiger partial charge in [-0.05, 0) is 42.7 Å². The molecule has 0 bridgehead atoms. The number of hydrogen-bond acceptors (Lipinski definition) is 4. The van der Waals surface area contributed by atoms with Crippen molar-refractivity contribution in [1.82, 2.24) is 0 Å². The van der Waals surface area contributed by atoms with E-state index in [1.165, 1.54) is 11.3 Å². The lowest BCUT2D eigenvalue weighted by Gasteiger charge is -2.38. The molecule has 0 radical (unpaired) electrons. The summed E-state index contributed by atoms with van der Waals surface area (Å²) in [5.41, 5.74) is 9.91. The normalized spacial score (nSPS) is 15.0. The first kappa shape index (κ1) is 15.7. The third kappa shape index (κ3) is 2.99. The molecule has 122 valence electrons. The summed E-state index contributed by atoms with van der Waals surface area (Å²) >= 11 is 0. The molecule has 1 unspecified atom stereocenters. The van der Waals surface area contributed by atoms with Crippen LogP contribution in [0.2, 0.25) is 0 Å². The van der Waals surface area contributed by atoms with Crippen LogP contribution in [-0.4, -0.2) is 27.3 Å². The van der Waals surface area contributed by atoms with Gasteiger partial charge in [0.2, 0.25) is 0 Å². The Bertz CT molecular complexity index is 672. The summed E-state index contributed by atoms with van der Waals surface area (Å²) in [7, 11) is 3.38. The fraction of sp³-hybridized carbons (Fsp3) is 0.368. The van der Waals surface area contributed by atoms with Crippen molar-refractivity contribution in [2.75, 3.05) is 32.2 Å². The van der Waals surface area contributed by atoms with E-state index in [-0.39, 0.29) is 6.04 Å². The van der Waals surface area contributed by atoms with Gasteiger partial charge in [0.15, 0.2) is 0 Å². The van der Waals surface area contributed by atoms with Gasteiger partial charge in [0.05, 0.1) is 20.3 Å². The summed E-state index contributed by atoms with van der Waals surface area (Å²) in [6.45, 7) is 1.52. The smallest absolute Gasteiger partial charge is 0.124 e. The van der Waals surface area contributed by atoms with E-state index in [4.69, 9.17) is 15.2 Å². The highest BCUT2D eigenvalue weighted by Gasteiger charge is 2.26. The van der Waals surface area contributed by atoms with Gasteiger partial charge in [0.1, 0.15) is 11.5 Å². The van der Waals surface area contributed by atoms with Crippen molar-refractivity contribution in [3.05, 3.63) is 53.6 Å². The van der Waals surface area contributed by atoms with Crippen molar-refractivity contribution in [3.8, 4) is 11.5 Å². The second-order valence-electron chi connectivity index (χ2n) is 5.79. The van der Waals surface area contributed by atoms with Gasteiger partial charge in [0.25, 0.3) is 0 Å². The standard InChI is InChI=1S/C19H24N2O2/c1-22-15-9-10-19(23-2)16(12-15)18(13-20)21-11-5-7-14-6-3-4-8-17(14)21/h3-4,6,8-10,12,18H,5,7,11,13,20H2,1-2H3. The van der Waals surface area contributed by atoms with Gasteiger partial charge in [-0.2, -0.15) is 0 Å². The van der Waals surface area contributed by atoms with Crippen LogP contribution >= 0.6 is 0 Å². The van der Waals surface area contributed by atoms with Gasteiger partial charge in [-0.25, -0.2) is 0 Å². The SMILES string of the molecule is COc1ccc(OC)c(C(CN)N2CCCc3ccccc32)c1. The molecule has 0 saturated heterocycles. The second kappa shape index (κ2) is 6.92. The Morgan fingerprint density at radius 1 is 1.13 bits per heavy atom. The maximum absolute atomic E-state index is 6.17. The molecule has 0 amide bonds. The average Bonchev–Trinajstić information content (AvgIpc) is 2.62. The van der Waals surface area contributed by atoms with Gasteiger partial charge in [-0.1, -0.05) is 18.2 Å². The van der Waals surface area contributed by atoms with Gasteiger partial charge < -0.3 is 20.1 Å². The van der Waals surface area contributed by atoms with E-state index >= 15 is 0 Å². The molecule has 23 heavy (non-hydrogen) atoms. The Morgan fingerprint density at radius 2 is 1.96 bits per heavy atom. The van der Waals surface area contributed by atoms with Gasteiger partial charge in [0, 0.05) is 24.3 Å². The molecule has 2 N–H and O–H groups in total. The Labute approximate surface area is 137 Å². The summed E-state index contributed by atoms with van der Waals surface area (Å²) in [6.07, 6.45) is 2.26. The monoisotopic (exact) mass is 312 g/mol. The summed E-state index contributed by atoms with van der Waals surface area (Å²) < 4.78 is 11.0. The number of rotatable bonds is 5. The minimum absolute atomic E-state index is 0.0708. The topological polar surface area (TPSA) is 47.7 Å². The van der Waals surface area contributed by atoms with Crippen LogP contribution in [0.5, 0.6) is 11.5 Å². The average molecular weight is 312 g/mol. The minimum Gasteiger partial charge on any atom is -0.497 e. The van der Waals surface area contributed by atoms with Crippen LogP contribution in [0.25, 0.3) is 0 Å². The van der Waals surface area contributed by atoms with E-state index in [9.17, 15) is 0 Å². The number of aryl methyl sites for hydroxylation is 1. The molecule has 1 aliphatic heterocycles. The Kier molecular flexibility index (Phi) is 4.72. The zero-order valence-corrected chi connectivity index (χ0v) is 13.8. The highest BCUT2D eigenvalue weighted by Crippen LogP contribution is 2.38. The molecular weight excluding hydrogens is 288 g/mol. The van der Waals surface area contributed by atoms with Crippen LogP contribution in [0.3, 0.4) is 0 Å². The fourth-order valence-electron chi connectivity index (χ4n) is 3.41. The van der Waals surface area contributed by atoms with Crippen molar-refractivity contribution < 1.29 is 9.47 Å². The molecular formula is C19H24N2O2. The molecule has 0 saturated carbocycles. The Hall–Kier alpha value is -2.20. The number of nitrogens with zero attached hydrogens (tertiary/aromatic N) is 1. The number of fused-ring (bicyclic) bond motifs is 1. The van der Waals surface area contributed by atoms with E-state index in [0.717, 1.165) is 36.4 Å². The highest BCUT2D eigenvalue weighted by molar-refractivity contribution is 5.58. The van der Waals surface area contributed by atoms with E-state index in [1.807, 2.05) is 18.2 Å². The number of benzene rings is 2. The molecule has 0 aromatic heterocycles. The summed E-state index contributed by atoms with van der Waals surface area (Å²) in [5, 5.41) is 0. The maximum Gasteiger partial charge on any atom is 0.124 e. The lowest BCUT2D eigenvalue weighted by atomic mass is 9.96. The van der Waals surface area contributed by atoms with Crippen molar-refractivity contribution in [3.63, 3.8) is 0 Å². The second-order valence-corrected chi connectivity index (χ2v) is 5.79. The molecule has 1 aliphatic rings. The lowest BCUT2D eigenvalue weighted by Crippen LogP contribution is -2.37. The van der Waals surface area contributed by atoms with E-state index in [1.54, 1.807) is 14.2 Å². The Balaban J connectivity index is 2.04. The molecule has 1 atom stereocenters. The predicted molar refractivity (Wildman–Crippen MR) is 93.5 cm³/mol. The quantitative estimate of drug-likeness (QED) is 0.921. The zero-order chi connectivity index (χ0) is 16.2. The summed E-state index contributed by atoms with van der Waals surface area (Å²) in [6, 6.07) is 14.6. The van der Waals surface area contributed by atoms with Crippen LogP contribution in [-0.2, 0) is 6.42 Å². The number of methoxy groups -OCH3 is 2. The minimum atomic E-state index is 0.0708.